The lowest BCUT2D eigenvalue weighted by molar-refractivity contribution is 0.0934. The Balaban J connectivity index is 2.67. The van der Waals surface area contributed by atoms with Gasteiger partial charge in [0.15, 0.2) is 0 Å². The fourth-order valence-corrected chi connectivity index (χ4v) is 1.98. The maximum atomic E-state index is 12.0. The number of amides is 1. The second-order valence-corrected chi connectivity index (χ2v) is 4.87. The van der Waals surface area contributed by atoms with Crippen molar-refractivity contribution in [2.24, 2.45) is 0 Å². The van der Waals surface area contributed by atoms with Crippen LogP contribution in [0.25, 0.3) is 0 Å². The van der Waals surface area contributed by atoms with E-state index in [1.54, 1.807) is 12.3 Å². The smallest absolute Gasteiger partial charge is 0.253 e. The van der Waals surface area contributed by atoms with Gasteiger partial charge in [0.1, 0.15) is 5.82 Å². The number of pyridine rings is 1. The summed E-state index contributed by atoms with van der Waals surface area (Å²) in [5.74, 6) is 0.748. The molecule has 0 spiro atoms. The van der Waals surface area contributed by atoms with Crippen LogP contribution in [0.1, 0.15) is 44.0 Å². The number of rotatable bonds is 8. The first-order valence-electron chi connectivity index (χ1n) is 7.25. The van der Waals surface area contributed by atoms with E-state index in [-0.39, 0.29) is 18.6 Å². The number of nitrogens with zero attached hydrogens (tertiary/aromatic N) is 2. The van der Waals surface area contributed by atoms with Gasteiger partial charge >= 0.3 is 0 Å². The quantitative estimate of drug-likeness (QED) is 0.762. The highest BCUT2D eigenvalue weighted by Crippen LogP contribution is 2.11. The van der Waals surface area contributed by atoms with E-state index in [4.69, 9.17) is 5.11 Å². The van der Waals surface area contributed by atoms with E-state index in [0.29, 0.717) is 12.0 Å². The zero-order valence-electron chi connectivity index (χ0n) is 12.6. The van der Waals surface area contributed by atoms with Crippen molar-refractivity contribution in [3.8, 4) is 0 Å². The maximum Gasteiger partial charge on any atom is 0.253 e. The van der Waals surface area contributed by atoms with Crippen LogP contribution >= 0.6 is 0 Å². The van der Waals surface area contributed by atoms with Crippen LogP contribution in [0.4, 0.5) is 5.82 Å². The highest BCUT2D eigenvalue weighted by atomic mass is 16.3. The summed E-state index contributed by atoms with van der Waals surface area (Å²) in [4.78, 5) is 18.5. The predicted molar refractivity (Wildman–Crippen MR) is 81.0 cm³/mol. The van der Waals surface area contributed by atoms with Gasteiger partial charge in [-0.1, -0.05) is 6.92 Å². The average Bonchev–Trinajstić information content (AvgIpc) is 2.45. The van der Waals surface area contributed by atoms with E-state index in [0.717, 1.165) is 25.3 Å². The maximum absolute atomic E-state index is 12.0. The first-order valence-corrected chi connectivity index (χ1v) is 7.25. The number of carbonyl (C=O) groups is 1. The standard InChI is InChI=1S/C15H25N3O2/c1-4-9-18(5-2)14-7-6-13(11-16-14)15(20)17-12(3)8-10-19/h6-7,11-12,19H,4-5,8-10H2,1-3H3,(H,17,20)/t12-/m1/s1. The van der Waals surface area contributed by atoms with E-state index in [1.807, 2.05) is 13.0 Å². The molecule has 1 aromatic heterocycles. The molecular weight excluding hydrogens is 254 g/mol. The SMILES string of the molecule is CCCN(CC)c1ccc(C(=O)N[C@H](C)CCO)cn1. The first-order chi connectivity index (χ1) is 9.62. The monoisotopic (exact) mass is 279 g/mol. The average molecular weight is 279 g/mol. The lowest BCUT2D eigenvalue weighted by Crippen LogP contribution is -2.33. The number of nitrogens with one attached hydrogen (secondary N) is 1. The Morgan fingerprint density at radius 3 is 2.70 bits per heavy atom. The van der Waals surface area contributed by atoms with Crippen molar-refractivity contribution in [1.29, 1.82) is 0 Å². The van der Waals surface area contributed by atoms with Gasteiger partial charge in [0.2, 0.25) is 0 Å². The summed E-state index contributed by atoms with van der Waals surface area (Å²) < 4.78 is 0. The highest BCUT2D eigenvalue weighted by molar-refractivity contribution is 5.94. The Morgan fingerprint density at radius 1 is 1.45 bits per heavy atom. The second-order valence-electron chi connectivity index (χ2n) is 4.87. The van der Waals surface area contributed by atoms with Gasteiger partial charge in [-0.15, -0.1) is 0 Å². The number of hydrogen-bond acceptors (Lipinski definition) is 4. The van der Waals surface area contributed by atoms with Crippen molar-refractivity contribution in [3.05, 3.63) is 23.9 Å². The molecule has 0 radical (unpaired) electrons. The van der Waals surface area contributed by atoms with Gasteiger partial charge in [0.25, 0.3) is 5.91 Å². The van der Waals surface area contributed by atoms with Crippen LogP contribution in [0.5, 0.6) is 0 Å². The lowest BCUT2D eigenvalue weighted by Gasteiger charge is -2.21. The van der Waals surface area contributed by atoms with Crippen LogP contribution in [-0.4, -0.2) is 41.7 Å². The van der Waals surface area contributed by atoms with Gasteiger partial charge in [-0.05, 0) is 38.8 Å². The van der Waals surface area contributed by atoms with Crippen LogP contribution < -0.4 is 10.2 Å². The van der Waals surface area contributed by atoms with Gasteiger partial charge in [-0.3, -0.25) is 4.79 Å². The third kappa shape index (κ3) is 4.81. The van der Waals surface area contributed by atoms with Crippen molar-refractivity contribution in [2.75, 3.05) is 24.6 Å². The Labute approximate surface area is 121 Å². The minimum Gasteiger partial charge on any atom is -0.396 e. The molecule has 0 aliphatic carbocycles. The molecule has 0 fully saturated rings. The Kier molecular flexibility index (Phi) is 7.01. The number of anilines is 1. The molecule has 0 saturated heterocycles. The molecule has 5 heteroatoms. The first kappa shape index (κ1) is 16.4. The third-order valence-corrected chi connectivity index (χ3v) is 3.15. The Hall–Kier alpha value is -1.62. The van der Waals surface area contributed by atoms with Crippen LogP contribution in [0.3, 0.4) is 0 Å². The molecule has 0 aliphatic heterocycles. The van der Waals surface area contributed by atoms with Crippen molar-refractivity contribution < 1.29 is 9.90 Å². The van der Waals surface area contributed by atoms with Crippen LogP contribution in [0.2, 0.25) is 0 Å². The number of hydrogen-bond donors (Lipinski definition) is 2. The summed E-state index contributed by atoms with van der Waals surface area (Å²) in [5.41, 5.74) is 0.547. The zero-order chi connectivity index (χ0) is 15.0. The molecule has 2 N–H and O–H groups in total. The van der Waals surface area contributed by atoms with Crippen molar-refractivity contribution in [1.82, 2.24) is 10.3 Å². The zero-order valence-corrected chi connectivity index (χ0v) is 12.6. The fraction of sp³-hybridized carbons (Fsp3) is 0.600. The molecule has 0 unspecified atom stereocenters. The number of carbonyl (C=O) groups excluding carboxylic acids is 1. The van der Waals surface area contributed by atoms with E-state index in [9.17, 15) is 4.79 Å². The molecule has 1 rings (SSSR count). The lowest BCUT2D eigenvalue weighted by atomic mass is 10.2. The van der Waals surface area contributed by atoms with Crippen molar-refractivity contribution in [2.45, 2.75) is 39.7 Å². The van der Waals surface area contributed by atoms with Crippen LogP contribution in [-0.2, 0) is 0 Å². The molecule has 1 amide bonds. The highest BCUT2D eigenvalue weighted by Gasteiger charge is 2.11. The molecule has 0 saturated carbocycles. The van der Waals surface area contributed by atoms with Crippen molar-refractivity contribution >= 4 is 11.7 Å². The van der Waals surface area contributed by atoms with Gasteiger partial charge in [-0.2, -0.15) is 0 Å². The molecular formula is C15H25N3O2. The van der Waals surface area contributed by atoms with Crippen LogP contribution in [0.15, 0.2) is 18.3 Å². The minimum absolute atomic E-state index is 0.0422. The van der Waals surface area contributed by atoms with Gasteiger partial charge in [0, 0.05) is 31.9 Å². The summed E-state index contributed by atoms with van der Waals surface area (Å²) in [6.45, 7) is 8.03. The molecule has 20 heavy (non-hydrogen) atoms. The number of aromatic nitrogens is 1. The number of aliphatic hydroxyl groups is 1. The summed E-state index contributed by atoms with van der Waals surface area (Å²) in [6.07, 6.45) is 3.22. The topological polar surface area (TPSA) is 65.5 Å². The largest absolute Gasteiger partial charge is 0.396 e. The predicted octanol–water partition coefficient (Wildman–Crippen LogP) is 1.82. The summed E-state index contributed by atoms with van der Waals surface area (Å²) in [6, 6.07) is 3.63. The molecule has 0 aromatic carbocycles. The molecule has 1 heterocycles. The van der Waals surface area contributed by atoms with Crippen LogP contribution in [0, 0.1) is 0 Å². The van der Waals surface area contributed by atoms with Gasteiger partial charge < -0.3 is 15.3 Å². The van der Waals surface area contributed by atoms with E-state index >= 15 is 0 Å². The van der Waals surface area contributed by atoms with E-state index < -0.39 is 0 Å². The van der Waals surface area contributed by atoms with Crippen molar-refractivity contribution in [3.63, 3.8) is 0 Å². The van der Waals surface area contributed by atoms with E-state index in [2.05, 4.69) is 29.0 Å². The Morgan fingerprint density at radius 2 is 2.20 bits per heavy atom. The normalized spacial score (nSPS) is 12.0. The molecule has 0 bridgehead atoms. The molecule has 112 valence electrons. The second kappa shape index (κ2) is 8.53. The van der Waals surface area contributed by atoms with Gasteiger partial charge in [-0.25, -0.2) is 4.98 Å². The molecule has 1 atom stereocenters. The van der Waals surface area contributed by atoms with Gasteiger partial charge in [0.05, 0.1) is 5.56 Å². The third-order valence-electron chi connectivity index (χ3n) is 3.15. The number of aliphatic hydroxyl groups excluding tert-OH is 1. The fourth-order valence-electron chi connectivity index (χ4n) is 1.98. The van der Waals surface area contributed by atoms with E-state index in [1.165, 1.54) is 0 Å². The molecule has 0 aliphatic rings. The summed E-state index contributed by atoms with van der Waals surface area (Å²) in [7, 11) is 0. The minimum atomic E-state index is -0.150. The summed E-state index contributed by atoms with van der Waals surface area (Å²) in [5, 5.41) is 11.7. The summed E-state index contributed by atoms with van der Waals surface area (Å²) >= 11 is 0. The Bertz CT molecular complexity index is 406. The molecule has 5 nitrogen and oxygen atoms in total. The molecule has 1 aromatic rings.